The van der Waals surface area contributed by atoms with Crippen LogP contribution in [0.4, 0.5) is 11.4 Å². The van der Waals surface area contributed by atoms with Crippen LogP contribution in [0.1, 0.15) is 15.9 Å². The summed E-state index contributed by atoms with van der Waals surface area (Å²) < 4.78 is 5.11. The monoisotopic (exact) mass is 498 g/mol. The number of amides is 1. The van der Waals surface area contributed by atoms with E-state index in [-0.39, 0.29) is 17.2 Å². The summed E-state index contributed by atoms with van der Waals surface area (Å²) in [5.74, 6) is -1.17. The first-order valence-electron chi connectivity index (χ1n) is 9.61. The van der Waals surface area contributed by atoms with Gasteiger partial charge in [0.15, 0.2) is 5.17 Å². The van der Waals surface area contributed by atoms with Crippen molar-refractivity contribution in [1.29, 1.82) is 0 Å². The molecule has 1 amide bonds. The summed E-state index contributed by atoms with van der Waals surface area (Å²) in [4.78, 5) is 31.4. The molecule has 1 heterocycles. The number of anilines is 1. The SMILES string of the molecule is COc1ccc(C=C2SC(=Nc3ccc(Cl)cc3)N(c3ccc(Cl)cc3)C2=O)cc1C(=O)O. The standard InChI is InChI=1S/C24H16Cl2N2O4S/c1-32-20-11-2-14(12-19(20)23(30)31)13-21-22(29)28(18-9-5-16(26)6-10-18)24(33-21)27-17-7-3-15(25)4-8-17/h2-13H,1H3,(H,30,31). The lowest BCUT2D eigenvalue weighted by molar-refractivity contribution is -0.113. The molecule has 0 atom stereocenters. The number of hydrogen-bond acceptors (Lipinski definition) is 5. The predicted octanol–water partition coefficient (Wildman–Crippen LogP) is 6.51. The normalized spacial score (nSPS) is 16.0. The zero-order chi connectivity index (χ0) is 23.5. The van der Waals surface area contributed by atoms with Gasteiger partial charge in [0.05, 0.1) is 23.4 Å². The molecule has 1 fully saturated rings. The predicted molar refractivity (Wildman–Crippen MR) is 133 cm³/mol. The van der Waals surface area contributed by atoms with E-state index in [2.05, 4.69) is 4.99 Å². The van der Waals surface area contributed by atoms with Crippen molar-refractivity contribution in [2.24, 2.45) is 4.99 Å². The van der Waals surface area contributed by atoms with E-state index in [9.17, 15) is 14.7 Å². The average molecular weight is 499 g/mol. The fraction of sp³-hybridized carbons (Fsp3) is 0.0417. The van der Waals surface area contributed by atoms with E-state index < -0.39 is 5.97 Å². The van der Waals surface area contributed by atoms with Crippen LogP contribution in [-0.2, 0) is 4.79 Å². The van der Waals surface area contributed by atoms with Gasteiger partial charge in [-0.1, -0.05) is 29.3 Å². The third-order valence-corrected chi connectivity index (χ3v) is 6.17. The molecule has 9 heteroatoms. The zero-order valence-corrected chi connectivity index (χ0v) is 19.5. The van der Waals surface area contributed by atoms with Crippen LogP contribution in [0.5, 0.6) is 5.75 Å². The minimum absolute atomic E-state index is 0.00640. The number of ether oxygens (including phenoxy) is 1. The van der Waals surface area contributed by atoms with Crippen LogP contribution in [0.25, 0.3) is 6.08 Å². The number of rotatable bonds is 5. The van der Waals surface area contributed by atoms with E-state index in [4.69, 9.17) is 27.9 Å². The third-order valence-electron chi connectivity index (χ3n) is 4.69. The number of carbonyl (C=O) groups excluding carboxylic acids is 1. The summed E-state index contributed by atoms with van der Waals surface area (Å²) in [6.07, 6.45) is 1.63. The van der Waals surface area contributed by atoms with E-state index in [0.717, 1.165) is 0 Å². The van der Waals surface area contributed by atoms with Crippen molar-refractivity contribution >= 4 is 69.5 Å². The van der Waals surface area contributed by atoms with Gasteiger partial charge in [0.2, 0.25) is 0 Å². The number of benzene rings is 3. The highest BCUT2D eigenvalue weighted by molar-refractivity contribution is 8.19. The summed E-state index contributed by atoms with van der Waals surface area (Å²) in [5.41, 5.74) is 1.79. The Morgan fingerprint density at radius 3 is 2.27 bits per heavy atom. The molecule has 0 aromatic heterocycles. The van der Waals surface area contributed by atoms with Gasteiger partial charge in [-0.2, -0.15) is 0 Å². The highest BCUT2D eigenvalue weighted by Crippen LogP contribution is 2.38. The fourth-order valence-corrected chi connectivity index (χ4v) is 4.38. The Morgan fingerprint density at radius 2 is 1.67 bits per heavy atom. The molecule has 3 aromatic carbocycles. The van der Waals surface area contributed by atoms with E-state index >= 15 is 0 Å². The first-order chi connectivity index (χ1) is 15.9. The van der Waals surface area contributed by atoms with Crippen LogP contribution in [0, 0.1) is 0 Å². The third kappa shape index (κ3) is 5.06. The molecule has 0 unspecified atom stereocenters. The first kappa shape index (κ1) is 22.9. The molecule has 6 nitrogen and oxygen atoms in total. The number of carbonyl (C=O) groups is 2. The van der Waals surface area contributed by atoms with Crippen molar-refractivity contribution in [2.45, 2.75) is 0 Å². The van der Waals surface area contributed by atoms with Crippen LogP contribution in [0.15, 0.2) is 76.6 Å². The Labute approximate surface area is 204 Å². The largest absolute Gasteiger partial charge is 0.496 e. The average Bonchev–Trinajstić information content (AvgIpc) is 3.10. The smallest absolute Gasteiger partial charge is 0.339 e. The van der Waals surface area contributed by atoms with Crippen LogP contribution < -0.4 is 9.64 Å². The van der Waals surface area contributed by atoms with Gasteiger partial charge in [0, 0.05) is 10.0 Å². The lowest BCUT2D eigenvalue weighted by atomic mass is 10.1. The second kappa shape index (κ2) is 9.70. The van der Waals surface area contributed by atoms with Crippen molar-refractivity contribution in [3.8, 4) is 5.75 Å². The topological polar surface area (TPSA) is 79.2 Å². The maximum absolute atomic E-state index is 13.4. The lowest BCUT2D eigenvalue weighted by Gasteiger charge is -2.15. The Bertz CT molecular complexity index is 1290. The van der Waals surface area contributed by atoms with Gasteiger partial charge in [-0.25, -0.2) is 9.79 Å². The summed E-state index contributed by atoms with van der Waals surface area (Å²) in [6.45, 7) is 0. The van der Waals surface area contributed by atoms with Crippen molar-refractivity contribution in [3.63, 3.8) is 0 Å². The van der Waals surface area contributed by atoms with Gasteiger partial charge < -0.3 is 9.84 Å². The Morgan fingerprint density at radius 1 is 1.03 bits per heavy atom. The van der Waals surface area contributed by atoms with Crippen molar-refractivity contribution < 1.29 is 19.4 Å². The number of thioether (sulfide) groups is 1. The summed E-state index contributed by atoms with van der Waals surface area (Å²) in [5, 5.41) is 11.0. The highest BCUT2D eigenvalue weighted by atomic mass is 35.5. The maximum Gasteiger partial charge on any atom is 0.339 e. The van der Waals surface area contributed by atoms with Crippen molar-refractivity contribution in [2.75, 3.05) is 12.0 Å². The molecular weight excluding hydrogens is 483 g/mol. The van der Waals surface area contributed by atoms with Gasteiger partial charge in [0.1, 0.15) is 11.3 Å². The minimum atomic E-state index is -1.12. The summed E-state index contributed by atoms with van der Waals surface area (Å²) in [6, 6.07) is 18.5. The molecule has 1 aliphatic heterocycles. The number of carboxylic acids is 1. The lowest BCUT2D eigenvalue weighted by Crippen LogP contribution is -2.28. The molecule has 0 aliphatic carbocycles. The molecular formula is C24H16Cl2N2O4S. The van der Waals surface area contributed by atoms with Gasteiger partial charge in [-0.15, -0.1) is 0 Å². The highest BCUT2D eigenvalue weighted by Gasteiger charge is 2.34. The number of halogens is 2. The van der Waals surface area contributed by atoms with Gasteiger partial charge in [-0.3, -0.25) is 9.69 Å². The van der Waals surface area contributed by atoms with Gasteiger partial charge in [-0.05, 0) is 84.1 Å². The number of hydrogen-bond donors (Lipinski definition) is 1. The number of amidine groups is 1. The molecule has 0 saturated carbocycles. The Kier molecular flexibility index (Phi) is 6.74. The molecule has 3 aromatic rings. The number of carboxylic acid groups (broad SMARTS) is 1. The number of nitrogens with zero attached hydrogens (tertiary/aromatic N) is 2. The van der Waals surface area contributed by atoms with Crippen molar-refractivity contribution in [3.05, 3.63) is 92.8 Å². The van der Waals surface area contributed by atoms with E-state index in [0.29, 0.717) is 37.1 Å². The van der Waals surface area contributed by atoms with Gasteiger partial charge in [0.25, 0.3) is 5.91 Å². The quantitative estimate of drug-likeness (QED) is 0.405. The van der Waals surface area contributed by atoms with Crippen molar-refractivity contribution in [1.82, 2.24) is 0 Å². The minimum Gasteiger partial charge on any atom is -0.496 e. The molecule has 1 aliphatic rings. The molecule has 166 valence electrons. The Hall–Kier alpha value is -3.26. The second-order valence-electron chi connectivity index (χ2n) is 6.86. The molecule has 1 saturated heterocycles. The van der Waals surface area contributed by atoms with Crippen LogP contribution >= 0.6 is 35.0 Å². The Balaban J connectivity index is 1.77. The molecule has 33 heavy (non-hydrogen) atoms. The number of methoxy groups -OCH3 is 1. The number of aliphatic imine (C=N–C) groups is 1. The van der Waals surface area contributed by atoms with Crippen LogP contribution in [-0.4, -0.2) is 29.3 Å². The van der Waals surface area contributed by atoms with E-state index in [1.165, 1.54) is 29.8 Å². The molecule has 0 spiro atoms. The van der Waals surface area contributed by atoms with Crippen LogP contribution in [0.3, 0.4) is 0 Å². The second-order valence-corrected chi connectivity index (χ2v) is 8.75. The van der Waals surface area contributed by atoms with E-state index in [1.54, 1.807) is 66.7 Å². The summed E-state index contributed by atoms with van der Waals surface area (Å²) >= 11 is 13.2. The van der Waals surface area contributed by atoms with Crippen LogP contribution in [0.2, 0.25) is 10.0 Å². The number of aromatic carboxylic acids is 1. The molecule has 0 bridgehead atoms. The summed E-state index contributed by atoms with van der Waals surface area (Å²) in [7, 11) is 1.40. The molecule has 1 N–H and O–H groups in total. The molecule has 0 radical (unpaired) electrons. The molecule has 4 rings (SSSR count). The zero-order valence-electron chi connectivity index (χ0n) is 17.2. The first-order valence-corrected chi connectivity index (χ1v) is 11.2. The maximum atomic E-state index is 13.4. The fourth-order valence-electron chi connectivity index (χ4n) is 3.13. The van der Waals surface area contributed by atoms with Gasteiger partial charge >= 0.3 is 5.97 Å². The van der Waals surface area contributed by atoms with E-state index in [1.807, 2.05) is 0 Å².